The number of hydrazine groups is 1. The van der Waals surface area contributed by atoms with Crippen LogP contribution in [0.25, 0.3) is 0 Å². The van der Waals surface area contributed by atoms with Crippen LogP contribution in [0.1, 0.15) is 46.5 Å². The van der Waals surface area contributed by atoms with Crippen molar-refractivity contribution in [1.82, 2.24) is 10.9 Å². The largest absolute Gasteiger partial charge is 0.254 e. The third kappa shape index (κ3) is 1.99. The van der Waals surface area contributed by atoms with Crippen LogP contribution >= 0.6 is 0 Å². The predicted molar refractivity (Wildman–Crippen MR) is 52.8 cm³/mol. The third-order valence-electron chi connectivity index (χ3n) is 2.96. The van der Waals surface area contributed by atoms with Crippen LogP contribution in [0.15, 0.2) is 0 Å². The summed E-state index contributed by atoms with van der Waals surface area (Å²) in [6, 6.07) is 1.48. The van der Waals surface area contributed by atoms with Gasteiger partial charge >= 0.3 is 0 Å². The second-order valence-corrected chi connectivity index (χ2v) is 3.63. The van der Waals surface area contributed by atoms with Crippen LogP contribution in [0.4, 0.5) is 0 Å². The maximum atomic E-state index is 3.36. The van der Waals surface area contributed by atoms with Gasteiger partial charge in [-0.05, 0) is 25.7 Å². The maximum absolute atomic E-state index is 3.36. The first-order valence-corrected chi connectivity index (χ1v) is 5.39. The minimum atomic E-state index is 0.699. The second-order valence-electron chi connectivity index (χ2n) is 3.63. The van der Waals surface area contributed by atoms with E-state index in [-0.39, 0.29) is 0 Å². The van der Waals surface area contributed by atoms with Gasteiger partial charge in [-0.3, -0.25) is 10.9 Å². The molecule has 0 aromatic carbocycles. The molecular formula is C10H22N2. The lowest BCUT2D eigenvalue weighted by Crippen LogP contribution is -2.33. The van der Waals surface area contributed by atoms with E-state index in [1.165, 1.54) is 25.7 Å². The highest BCUT2D eigenvalue weighted by Crippen LogP contribution is 2.29. The molecule has 2 heteroatoms. The fourth-order valence-electron chi connectivity index (χ4n) is 2.28. The zero-order valence-electron chi connectivity index (χ0n) is 8.56. The van der Waals surface area contributed by atoms with Gasteiger partial charge < -0.3 is 0 Å². The molecule has 1 saturated heterocycles. The molecule has 1 heterocycles. The summed E-state index contributed by atoms with van der Waals surface area (Å²) in [6.07, 6.45) is 5.66. The summed E-state index contributed by atoms with van der Waals surface area (Å²) in [5.41, 5.74) is 6.67. The van der Waals surface area contributed by atoms with Crippen LogP contribution in [-0.2, 0) is 0 Å². The molecule has 0 amide bonds. The van der Waals surface area contributed by atoms with Crippen molar-refractivity contribution >= 4 is 0 Å². The van der Waals surface area contributed by atoms with E-state index < -0.39 is 0 Å². The number of rotatable bonds is 0. The summed E-state index contributed by atoms with van der Waals surface area (Å²) in [5.74, 6) is 0.911. The standard InChI is InChI=1S/C8H16N2.C2H6/c1-6-7-4-2-3-5-8(7)10-9-6;1-2/h6-10H,2-5H2,1H3;1-2H3. The average Bonchev–Trinajstić information content (AvgIpc) is 2.53. The van der Waals surface area contributed by atoms with E-state index in [9.17, 15) is 0 Å². The van der Waals surface area contributed by atoms with Crippen molar-refractivity contribution < 1.29 is 0 Å². The van der Waals surface area contributed by atoms with Gasteiger partial charge in [0.25, 0.3) is 0 Å². The Morgan fingerprint density at radius 3 is 2.33 bits per heavy atom. The van der Waals surface area contributed by atoms with Crippen LogP contribution in [0.3, 0.4) is 0 Å². The van der Waals surface area contributed by atoms with Crippen molar-refractivity contribution in [1.29, 1.82) is 0 Å². The zero-order chi connectivity index (χ0) is 8.97. The van der Waals surface area contributed by atoms with Gasteiger partial charge in [0.05, 0.1) is 0 Å². The summed E-state index contributed by atoms with van der Waals surface area (Å²) in [4.78, 5) is 0. The van der Waals surface area contributed by atoms with Crippen LogP contribution < -0.4 is 10.9 Å². The molecule has 3 unspecified atom stereocenters. The molecular weight excluding hydrogens is 148 g/mol. The molecule has 1 saturated carbocycles. The third-order valence-corrected chi connectivity index (χ3v) is 2.96. The van der Waals surface area contributed by atoms with E-state index in [2.05, 4.69) is 17.8 Å². The zero-order valence-corrected chi connectivity index (χ0v) is 8.56. The van der Waals surface area contributed by atoms with E-state index in [0.717, 1.165) is 12.0 Å². The lowest BCUT2D eigenvalue weighted by atomic mass is 9.82. The number of hydrogen-bond donors (Lipinski definition) is 2. The molecule has 0 radical (unpaired) electrons. The van der Waals surface area contributed by atoms with Gasteiger partial charge in [-0.2, -0.15) is 0 Å². The summed E-state index contributed by atoms with van der Waals surface area (Å²) in [5, 5.41) is 0. The molecule has 12 heavy (non-hydrogen) atoms. The van der Waals surface area contributed by atoms with Gasteiger partial charge in [0, 0.05) is 12.1 Å². The normalized spacial score (nSPS) is 39.8. The minimum Gasteiger partial charge on any atom is -0.254 e. The first-order valence-electron chi connectivity index (χ1n) is 5.39. The quantitative estimate of drug-likeness (QED) is 0.581. The van der Waals surface area contributed by atoms with E-state index in [1.54, 1.807) is 0 Å². The van der Waals surface area contributed by atoms with Gasteiger partial charge in [0.1, 0.15) is 0 Å². The van der Waals surface area contributed by atoms with Crippen molar-refractivity contribution in [3.05, 3.63) is 0 Å². The molecule has 2 nitrogen and oxygen atoms in total. The SMILES string of the molecule is CC.CC1NNC2CCCCC12. The van der Waals surface area contributed by atoms with Crippen molar-refractivity contribution in [3.63, 3.8) is 0 Å². The topological polar surface area (TPSA) is 24.1 Å². The molecule has 1 aliphatic heterocycles. The second kappa shape index (κ2) is 4.83. The Labute approximate surface area is 76.1 Å². The molecule has 0 aromatic heterocycles. The molecule has 1 aliphatic carbocycles. The van der Waals surface area contributed by atoms with Gasteiger partial charge in [-0.1, -0.05) is 26.7 Å². The van der Waals surface area contributed by atoms with Gasteiger partial charge in [0.15, 0.2) is 0 Å². The summed E-state index contributed by atoms with van der Waals surface area (Å²) < 4.78 is 0. The Morgan fingerprint density at radius 2 is 1.67 bits per heavy atom. The molecule has 0 spiro atoms. The van der Waals surface area contributed by atoms with Gasteiger partial charge in [-0.25, -0.2) is 0 Å². The van der Waals surface area contributed by atoms with E-state index in [1.807, 2.05) is 13.8 Å². The lowest BCUT2D eigenvalue weighted by Gasteiger charge is -2.25. The Kier molecular flexibility index (Phi) is 4.02. The Bertz CT molecular complexity index is 123. The lowest BCUT2D eigenvalue weighted by molar-refractivity contribution is 0.312. The minimum absolute atomic E-state index is 0.699. The maximum Gasteiger partial charge on any atom is 0.0256 e. The van der Waals surface area contributed by atoms with Crippen LogP contribution in [0.2, 0.25) is 0 Å². The Balaban J connectivity index is 0.000000336. The molecule has 3 atom stereocenters. The van der Waals surface area contributed by atoms with Crippen molar-refractivity contribution in [2.24, 2.45) is 5.92 Å². The summed E-state index contributed by atoms with van der Waals surface area (Å²) in [6.45, 7) is 6.28. The van der Waals surface area contributed by atoms with Crippen LogP contribution in [0.5, 0.6) is 0 Å². The highest BCUT2D eigenvalue weighted by atomic mass is 15.4. The monoisotopic (exact) mass is 170 g/mol. The van der Waals surface area contributed by atoms with Gasteiger partial charge in [-0.15, -0.1) is 0 Å². The molecule has 0 bridgehead atoms. The average molecular weight is 170 g/mol. The predicted octanol–water partition coefficient (Wildman–Crippen LogP) is 2.07. The number of fused-ring (bicyclic) bond motifs is 1. The fourth-order valence-corrected chi connectivity index (χ4v) is 2.28. The Morgan fingerprint density at radius 1 is 1.00 bits per heavy atom. The van der Waals surface area contributed by atoms with Crippen molar-refractivity contribution in [2.45, 2.75) is 58.5 Å². The molecule has 0 aromatic rings. The highest BCUT2D eigenvalue weighted by molar-refractivity contribution is 4.90. The Hall–Kier alpha value is -0.0800. The smallest absolute Gasteiger partial charge is 0.0256 e. The first-order chi connectivity index (χ1) is 5.88. The van der Waals surface area contributed by atoms with E-state index in [4.69, 9.17) is 0 Å². The number of nitrogens with one attached hydrogen (secondary N) is 2. The molecule has 2 fully saturated rings. The first kappa shape index (κ1) is 10.0. The van der Waals surface area contributed by atoms with Crippen LogP contribution in [-0.4, -0.2) is 12.1 Å². The van der Waals surface area contributed by atoms with Crippen molar-refractivity contribution in [2.75, 3.05) is 0 Å². The highest BCUT2D eigenvalue weighted by Gasteiger charge is 2.34. The molecule has 2 rings (SSSR count). The molecule has 2 aliphatic rings. The molecule has 72 valence electrons. The van der Waals surface area contributed by atoms with E-state index >= 15 is 0 Å². The summed E-state index contributed by atoms with van der Waals surface area (Å²) in [7, 11) is 0. The number of hydrogen-bond acceptors (Lipinski definition) is 2. The molecule has 2 N–H and O–H groups in total. The van der Waals surface area contributed by atoms with Crippen LogP contribution in [0, 0.1) is 5.92 Å². The summed E-state index contributed by atoms with van der Waals surface area (Å²) >= 11 is 0. The van der Waals surface area contributed by atoms with E-state index in [0.29, 0.717) is 6.04 Å². The van der Waals surface area contributed by atoms with Gasteiger partial charge in [0.2, 0.25) is 0 Å². The van der Waals surface area contributed by atoms with Crippen molar-refractivity contribution in [3.8, 4) is 0 Å². The fraction of sp³-hybridized carbons (Fsp3) is 1.00.